The number of rotatable bonds is 4. The number of hydrogen-bond donors (Lipinski definition) is 0. The predicted molar refractivity (Wildman–Crippen MR) is 80.6 cm³/mol. The third kappa shape index (κ3) is 4.33. The minimum absolute atomic E-state index is 0.308. The first kappa shape index (κ1) is 15.5. The SMILES string of the molecule is CCC[C@H]1CC[C@H](C2CCC(C=C(F)C#N)CC2)CC1. The molecule has 2 heteroatoms. The maximum Gasteiger partial charge on any atom is 0.196 e. The quantitative estimate of drug-likeness (QED) is 0.598. The summed E-state index contributed by atoms with van der Waals surface area (Å²) in [4.78, 5) is 0. The Morgan fingerprint density at radius 2 is 1.60 bits per heavy atom. The van der Waals surface area contributed by atoms with Gasteiger partial charge in [-0.25, -0.2) is 0 Å². The number of halogens is 1. The van der Waals surface area contributed by atoms with Crippen molar-refractivity contribution >= 4 is 0 Å². The van der Waals surface area contributed by atoms with Crippen molar-refractivity contribution in [1.29, 1.82) is 5.26 Å². The molecule has 2 rings (SSSR count). The monoisotopic (exact) mass is 277 g/mol. The van der Waals surface area contributed by atoms with Crippen molar-refractivity contribution in [2.45, 2.75) is 71.1 Å². The normalized spacial score (nSPS) is 35.5. The maximum atomic E-state index is 13.0. The average Bonchev–Trinajstić information content (AvgIpc) is 2.49. The summed E-state index contributed by atoms with van der Waals surface area (Å²) < 4.78 is 13.0. The molecule has 0 bridgehead atoms. The average molecular weight is 277 g/mol. The van der Waals surface area contributed by atoms with Crippen LogP contribution in [-0.2, 0) is 0 Å². The summed E-state index contributed by atoms with van der Waals surface area (Å²) in [7, 11) is 0. The Kier molecular flexibility index (Phi) is 6.07. The van der Waals surface area contributed by atoms with Gasteiger partial charge in [0.05, 0.1) is 0 Å². The van der Waals surface area contributed by atoms with E-state index in [9.17, 15) is 4.39 Å². The summed E-state index contributed by atoms with van der Waals surface area (Å²) in [5.74, 6) is 2.50. The van der Waals surface area contributed by atoms with E-state index in [1.165, 1.54) is 51.4 Å². The van der Waals surface area contributed by atoms with Gasteiger partial charge in [0, 0.05) is 0 Å². The van der Waals surface area contributed by atoms with Crippen LogP contribution in [0.2, 0.25) is 0 Å². The van der Waals surface area contributed by atoms with Gasteiger partial charge in [-0.15, -0.1) is 0 Å². The topological polar surface area (TPSA) is 23.8 Å². The highest BCUT2D eigenvalue weighted by Gasteiger charge is 2.30. The molecule has 0 amide bonds. The summed E-state index contributed by atoms with van der Waals surface area (Å²) in [6, 6.07) is 1.60. The van der Waals surface area contributed by atoms with E-state index in [4.69, 9.17) is 5.26 Å². The van der Waals surface area contributed by atoms with Crippen LogP contribution in [0.1, 0.15) is 71.1 Å². The zero-order valence-corrected chi connectivity index (χ0v) is 12.8. The summed E-state index contributed by atoms with van der Waals surface area (Å²) >= 11 is 0. The van der Waals surface area contributed by atoms with Crippen LogP contribution < -0.4 is 0 Å². The molecule has 112 valence electrons. The van der Waals surface area contributed by atoms with Crippen molar-refractivity contribution in [3.63, 3.8) is 0 Å². The Bertz CT molecular complexity index is 352. The summed E-state index contributed by atoms with van der Waals surface area (Å²) in [6.07, 6.45) is 14.6. The fourth-order valence-corrected chi connectivity index (χ4v) is 4.38. The summed E-state index contributed by atoms with van der Waals surface area (Å²) in [6.45, 7) is 2.29. The number of allylic oxidation sites excluding steroid dienone is 2. The fraction of sp³-hybridized carbons (Fsp3) is 0.833. The summed E-state index contributed by atoms with van der Waals surface area (Å²) in [5, 5.41) is 8.50. The van der Waals surface area contributed by atoms with E-state index in [1.807, 2.05) is 0 Å². The van der Waals surface area contributed by atoms with Crippen LogP contribution in [0, 0.1) is 35.0 Å². The van der Waals surface area contributed by atoms with E-state index in [0.29, 0.717) is 5.92 Å². The van der Waals surface area contributed by atoms with Gasteiger partial charge in [-0.1, -0.05) is 32.6 Å². The van der Waals surface area contributed by atoms with Crippen LogP contribution in [-0.4, -0.2) is 0 Å². The van der Waals surface area contributed by atoms with Crippen LogP contribution >= 0.6 is 0 Å². The lowest BCUT2D eigenvalue weighted by atomic mass is 9.68. The number of nitriles is 1. The molecular weight excluding hydrogens is 249 g/mol. The molecule has 20 heavy (non-hydrogen) atoms. The first-order chi connectivity index (χ1) is 9.72. The second-order valence-corrected chi connectivity index (χ2v) is 6.87. The molecule has 0 aromatic carbocycles. The van der Waals surface area contributed by atoms with Crippen LogP contribution in [0.4, 0.5) is 4.39 Å². The lowest BCUT2D eigenvalue weighted by Crippen LogP contribution is -2.25. The van der Waals surface area contributed by atoms with Gasteiger partial charge < -0.3 is 0 Å². The molecule has 0 aromatic heterocycles. The highest BCUT2D eigenvalue weighted by Crippen LogP contribution is 2.42. The number of hydrogen-bond acceptors (Lipinski definition) is 1. The molecule has 2 aliphatic rings. The molecular formula is C18H28FN. The standard InChI is InChI=1S/C18H28FN/c1-2-3-14-4-8-16(9-5-14)17-10-6-15(7-11-17)12-18(19)13-20/h12,14-17H,2-11H2,1H3/t14-,15?,16-,17?. The predicted octanol–water partition coefficient (Wildman–Crippen LogP) is 5.78. The third-order valence-corrected chi connectivity index (χ3v) is 5.56. The molecule has 0 spiro atoms. The molecule has 0 unspecified atom stereocenters. The minimum atomic E-state index is -0.589. The Hall–Kier alpha value is -0.840. The smallest absolute Gasteiger partial charge is 0.195 e. The van der Waals surface area contributed by atoms with Gasteiger partial charge in [-0.3, -0.25) is 0 Å². The molecule has 2 aliphatic carbocycles. The van der Waals surface area contributed by atoms with E-state index in [1.54, 1.807) is 12.1 Å². The molecule has 0 atom stereocenters. The number of nitrogens with zero attached hydrogens (tertiary/aromatic N) is 1. The zero-order valence-electron chi connectivity index (χ0n) is 12.8. The molecule has 0 heterocycles. The van der Waals surface area contributed by atoms with E-state index in [-0.39, 0.29) is 0 Å². The van der Waals surface area contributed by atoms with Gasteiger partial charge >= 0.3 is 0 Å². The van der Waals surface area contributed by atoms with E-state index in [2.05, 4.69) is 6.92 Å². The Morgan fingerprint density at radius 3 is 2.10 bits per heavy atom. The van der Waals surface area contributed by atoms with Gasteiger partial charge in [0.25, 0.3) is 0 Å². The molecule has 2 saturated carbocycles. The molecule has 0 saturated heterocycles. The lowest BCUT2D eigenvalue weighted by Gasteiger charge is -2.37. The Balaban J connectivity index is 1.74. The molecule has 0 radical (unpaired) electrons. The van der Waals surface area contributed by atoms with Crippen molar-refractivity contribution in [1.82, 2.24) is 0 Å². The molecule has 0 aromatic rings. The molecule has 1 nitrogen and oxygen atoms in total. The van der Waals surface area contributed by atoms with Gasteiger partial charge in [-0.2, -0.15) is 9.65 Å². The van der Waals surface area contributed by atoms with Crippen LogP contribution in [0.15, 0.2) is 11.9 Å². The van der Waals surface area contributed by atoms with Crippen molar-refractivity contribution in [3.05, 3.63) is 11.9 Å². The van der Waals surface area contributed by atoms with Crippen LogP contribution in [0.25, 0.3) is 0 Å². The zero-order chi connectivity index (χ0) is 14.4. The fourth-order valence-electron chi connectivity index (χ4n) is 4.38. The maximum absolute atomic E-state index is 13.0. The highest BCUT2D eigenvalue weighted by atomic mass is 19.1. The highest BCUT2D eigenvalue weighted by molar-refractivity contribution is 5.13. The van der Waals surface area contributed by atoms with Crippen LogP contribution in [0.3, 0.4) is 0 Å². The molecule has 2 fully saturated rings. The Morgan fingerprint density at radius 1 is 1.05 bits per heavy atom. The van der Waals surface area contributed by atoms with Crippen molar-refractivity contribution in [3.8, 4) is 6.07 Å². The van der Waals surface area contributed by atoms with Gasteiger partial charge in [0.2, 0.25) is 0 Å². The minimum Gasteiger partial charge on any atom is -0.195 e. The van der Waals surface area contributed by atoms with Gasteiger partial charge in [-0.05, 0) is 68.3 Å². The second-order valence-electron chi connectivity index (χ2n) is 6.87. The molecule has 0 aliphatic heterocycles. The van der Waals surface area contributed by atoms with Crippen molar-refractivity contribution in [2.24, 2.45) is 23.7 Å². The van der Waals surface area contributed by atoms with Crippen molar-refractivity contribution < 1.29 is 4.39 Å². The van der Waals surface area contributed by atoms with Gasteiger partial charge in [0.15, 0.2) is 5.83 Å². The summed E-state index contributed by atoms with van der Waals surface area (Å²) in [5.41, 5.74) is 0. The Labute approximate surface area is 123 Å². The van der Waals surface area contributed by atoms with E-state index < -0.39 is 5.83 Å². The second kappa shape index (κ2) is 7.81. The van der Waals surface area contributed by atoms with Crippen molar-refractivity contribution in [2.75, 3.05) is 0 Å². The third-order valence-electron chi connectivity index (χ3n) is 5.56. The first-order valence-corrected chi connectivity index (χ1v) is 8.50. The molecule has 0 N–H and O–H groups in total. The van der Waals surface area contributed by atoms with E-state index in [0.717, 1.165) is 30.6 Å². The van der Waals surface area contributed by atoms with Crippen LogP contribution in [0.5, 0.6) is 0 Å². The first-order valence-electron chi connectivity index (χ1n) is 8.50. The largest absolute Gasteiger partial charge is 0.196 e. The van der Waals surface area contributed by atoms with Gasteiger partial charge in [0.1, 0.15) is 6.07 Å². The van der Waals surface area contributed by atoms with E-state index >= 15 is 0 Å². The lowest BCUT2D eigenvalue weighted by molar-refractivity contribution is 0.152.